The van der Waals surface area contributed by atoms with Gasteiger partial charge in [-0.25, -0.2) is 0 Å². The molecule has 3 rings (SSSR count). The Labute approximate surface area is 121 Å². The van der Waals surface area contributed by atoms with Crippen LogP contribution in [0.25, 0.3) is 0 Å². The van der Waals surface area contributed by atoms with Crippen LogP contribution >= 0.6 is 0 Å². The van der Waals surface area contributed by atoms with Crippen molar-refractivity contribution in [3.63, 3.8) is 0 Å². The maximum absolute atomic E-state index is 3.51. The molecule has 0 unspecified atom stereocenters. The highest BCUT2D eigenvalue weighted by Crippen LogP contribution is 2.34. The Bertz CT molecular complexity index is 589. The summed E-state index contributed by atoms with van der Waals surface area (Å²) in [5.41, 5.74) is 5.48. The van der Waals surface area contributed by atoms with Crippen LogP contribution in [0.2, 0.25) is 0 Å². The highest BCUT2D eigenvalue weighted by atomic mass is 15.2. The van der Waals surface area contributed by atoms with Crippen molar-refractivity contribution in [3.05, 3.63) is 59.7 Å². The molecule has 0 amide bonds. The van der Waals surface area contributed by atoms with Crippen molar-refractivity contribution in [2.24, 2.45) is 0 Å². The molecule has 0 fully saturated rings. The quantitative estimate of drug-likeness (QED) is 0.882. The van der Waals surface area contributed by atoms with E-state index in [2.05, 4.69) is 72.6 Å². The molecule has 2 aromatic carbocycles. The van der Waals surface area contributed by atoms with Crippen LogP contribution in [0.1, 0.15) is 30.9 Å². The van der Waals surface area contributed by atoms with Gasteiger partial charge in [-0.15, -0.1) is 0 Å². The van der Waals surface area contributed by atoms with E-state index >= 15 is 0 Å². The summed E-state index contributed by atoms with van der Waals surface area (Å²) < 4.78 is 0. The van der Waals surface area contributed by atoms with E-state index in [0.29, 0.717) is 5.92 Å². The zero-order valence-electron chi connectivity index (χ0n) is 12.3. The topological polar surface area (TPSA) is 15.3 Å². The average Bonchev–Trinajstić information content (AvgIpc) is 2.69. The highest BCUT2D eigenvalue weighted by Gasteiger charge is 2.19. The summed E-state index contributed by atoms with van der Waals surface area (Å²) in [7, 11) is 0. The predicted molar refractivity (Wildman–Crippen MR) is 85.7 cm³/mol. The minimum atomic E-state index is 0.537. The summed E-state index contributed by atoms with van der Waals surface area (Å²) in [4.78, 5) is 2.46. The first-order valence-corrected chi connectivity index (χ1v) is 7.42. The normalized spacial score (nSPS) is 15.1. The number of benzene rings is 2. The van der Waals surface area contributed by atoms with Gasteiger partial charge in [0.05, 0.1) is 0 Å². The van der Waals surface area contributed by atoms with Gasteiger partial charge in [-0.2, -0.15) is 0 Å². The molecule has 0 saturated carbocycles. The predicted octanol–water partition coefficient (Wildman–Crippen LogP) is 4.05. The summed E-state index contributed by atoms with van der Waals surface area (Å²) in [6.45, 7) is 7.51. The van der Waals surface area contributed by atoms with Crippen molar-refractivity contribution in [3.8, 4) is 0 Å². The lowest BCUT2D eigenvalue weighted by molar-refractivity contribution is 0.711. The molecule has 2 aromatic rings. The van der Waals surface area contributed by atoms with Crippen LogP contribution in [-0.4, -0.2) is 13.1 Å². The van der Waals surface area contributed by atoms with Crippen LogP contribution in [0, 0.1) is 0 Å². The lowest BCUT2D eigenvalue weighted by atomic mass is 9.99. The lowest BCUT2D eigenvalue weighted by Gasteiger charge is -2.28. The summed E-state index contributed by atoms with van der Waals surface area (Å²) in [6.07, 6.45) is 0. The zero-order chi connectivity index (χ0) is 13.9. The zero-order valence-corrected chi connectivity index (χ0v) is 12.3. The molecule has 2 heteroatoms. The third-order valence-electron chi connectivity index (χ3n) is 3.96. The van der Waals surface area contributed by atoms with E-state index in [1.54, 1.807) is 0 Å². The number of rotatable bonds is 2. The number of hydrogen-bond acceptors (Lipinski definition) is 2. The Morgan fingerprint density at radius 2 is 1.65 bits per heavy atom. The van der Waals surface area contributed by atoms with E-state index in [4.69, 9.17) is 0 Å². The van der Waals surface area contributed by atoms with Gasteiger partial charge in [-0.05, 0) is 29.2 Å². The molecule has 20 heavy (non-hydrogen) atoms. The SMILES string of the molecule is CC(C)c1ccccc1N1CCNCc2ccccc21. The molecule has 0 saturated heterocycles. The number of anilines is 2. The smallest absolute Gasteiger partial charge is 0.0456 e. The van der Waals surface area contributed by atoms with Gasteiger partial charge in [0.2, 0.25) is 0 Å². The van der Waals surface area contributed by atoms with Crippen LogP contribution in [0.4, 0.5) is 11.4 Å². The number of para-hydroxylation sites is 2. The summed E-state index contributed by atoms with van der Waals surface area (Å²) in [6, 6.07) is 17.5. The van der Waals surface area contributed by atoms with Gasteiger partial charge in [0.25, 0.3) is 0 Å². The fraction of sp³-hybridized carbons (Fsp3) is 0.333. The second-order valence-electron chi connectivity index (χ2n) is 5.67. The third kappa shape index (κ3) is 2.44. The molecule has 0 radical (unpaired) electrons. The van der Waals surface area contributed by atoms with Gasteiger partial charge in [0.1, 0.15) is 0 Å². The Morgan fingerprint density at radius 1 is 0.950 bits per heavy atom. The first-order chi connectivity index (χ1) is 9.77. The summed E-state index contributed by atoms with van der Waals surface area (Å²) in [5, 5.41) is 3.51. The molecular weight excluding hydrogens is 244 g/mol. The van der Waals surface area contributed by atoms with Crippen molar-refractivity contribution in [1.82, 2.24) is 5.32 Å². The van der Waals surface area contributed by atoms with Crippen LogP contribution in [0.5, 0.6) is 0 Å². The Hall–Kier alpha value is -1.80. The van der Waals surface area contributed by atoms with Crippen LogP contribution < -0.4 is 10.2 Å². The van der Waals surface area contributed by atoms with Crippen molar-refractivity contribution < 1.29 is 0 Å². The van der Waals surface area contributed by atoms with Crippen molar-refractivity contribution in [2.45, 2.75) is 26.3 Å². The van der Waals surface area contributed by atoms with Gasteiger partial charge in [-0.3, -0.25) is 0 Å². The summed E-state index contributed by atoms with van der Waals surface area (Å²) >= 11 is 0. The average molecular weight is 266 g/mol. The van der Waals surface area contributed by atoms with Gasteiger partial charge < -0.3 is 10.2 Å². The second kappa shape index (κ2) is 5.68. The monoisotopic (exact) mass is 266 g/mol. The summed E-state index contributed by atoms with van der Waals surface area (Å²) in [5.74, 6) is 0.537. The number of fused-ring (bicyclic) bond motifs is 1. The maximum Gasteiger partial charge on any atom is 0.0456 e. The standard InChI is InChI=1S/C18H22N2/c1-14(2)16-8-4-6-10-18(16)20-12-11-19-13-15-7-3-5-9-17(15)20/h3-10,14,19H,11-13H2,1-2H3. The van der Waals surface area contributed by atoms with E-state index in [-0.39, 0.29) is 0 Å². The first-order valence-electron chi connectivity index (χ1n) is 7.42. The minimum Gasteiger partial charge on any atom is -0.340 e. The molecule has 104 valence electrons. The molecule has 1 N–H and O–H groups in total. The van der Waals surface area contributed by atoms with Crippen molar-refractivity contribution >= 4 is 11.4 Å². The van der Waals surface area contributed by atoms with Gasteiger partial charge in [-0.1, -0.05) is 50.2 Å². The molecular formula is C18H22N2. The van der Waals surface area contributed by atoms with E-state index in [1.807, 2.05) is 0 Å². The van der Waals surface area contributed by atoms with Crippen LogP contribution in [-0.2, 0) is 6.54 Å². The minimum absolute atomic E-state index is 0.537. The van der Waals surface area contributed by atoms with Gasteiger partial charge in [0, 0.05) is 31.0 Å². The second-order valence-corrected chi connectivity index (χ2v) is 5.67. The molecule has 0 aromatic heterocycles. The molecule has 0 bridgehead atoms. The van der Waals surface area contributed by atoms with Gasteiger partial charge in [0.15, 0.2) is 0 Å². The first kappa shape index (κ1) is 13.2. The molecule has 1 aliphatic rings. The number of hydrogen-bond donors (Lipinski definition) is 1. The molecule has 1 heterocycles. The molecule has 0 atom stereocenters. The van der Waals surface area contributed by atoms with Crippen LogP contribution in [0.3, 0.4) is 0 Å². The number of nitrogens with zero attached hydrogens (tertiary/aromatic N) is 1. The van der Waals surface area contributed by atoms with Crippen LogP contribution in [0.15, 0.2) is 48.5 Å². The highest BCUT2D eigenvalue weighted by molar-refractivity contribution is 5.70. The Kier molecular flexibility index (Phi) is 3.75. The molecule has 0 spiro atoms. The Balaban J connectivity index is 2.10. The van der Waals surface area contributed by atoms with Crippen molar-refractivity contribution in [1.29, 1.82) is 0 Å². The van der Waals surface area contributed by atoms with E-state index in [9.17, 15) is 0 Å². The Morgan fingerprint density at radius 3 is 2.45 bits per heavy atom. The van der Waals surface area contributed by atoms with Gasteiger partial charge >= 0.3 is 0 Å². The molecule has 1 aliphatic heterocycles. The number of nitrogens with one attached hydrogen (secondary N) is 1. The van der Waals surface area contributed by atoms with Crippen molar-refractivity contribution in [2.75, 3.05) is 18.0 Å². The largest absolute Gasteiger partial charge is 0.340 e. The fourth-order valence-corrected chi connectivity index (χ4v) is 2.93. The lowest BCUT2D eigenvalue weighted by Crippen LogP contribution is -2.25. The van der Waals surface area contributed by atoms with E-state index in [1.165, 1.54) is 22.5 Å². The van der Waals surface area contributed by atoms with E-state index in [0.717, 1.165) is 19.6 Å². The molecule has 2 nitrogen and oxygen atoms in total. The van der Waals surface area contributed by atoms with E-state index < -0.39 is 0 Å². The molecule has 0 aliphatic carbocycles. The maximum atomic E-state index is 3.51. The third-order valence-corrected chi connectivity index (χ3v) is 3.96. The fourth-order valence-electron chi connectivity index (χ4n) is 2.93.